The van der Waals surface area contributed by atoms with E-state index in [1.165, 1.54) is 0 Å². The fraction of sp³-hybridized carbons (Fsp3) is 0.625. The second-order valence-electron chi connectivity index (χ2n) is 6.83. The van der Waals surface area contributed by atoms with Gasteiger partial charge in [-0.1, -0.05) is 32.9 Å². The standard InChI is InChI=1S/C16H28N2O2S/c1-12(2)18-21(19,20)14-9-7-13(8-10-14)11-15(17-6)16(3,4)5/h7-10,12,15,17-18H,11H2,1-6H3. The summed E-state index contributed by atoms with van der Waals surface area (Å²) in [5, 5.41) is 3.33. The molecule has 1 atom stereocenters. The first-order valence-corrected chi connectivity index (χ1v) is 8.83. The molecule has 1 unspecified atom stereocenters. The summed E-state index contributed by atoms with van der Waals surface area (Å²) >= 11 is 0. The Morgan fingerprint density at radius 1 is 1.10 bits per heavy atom. The fourth-order valence-electron chi connectivity index (χ4n) is 2.26. The quantitative estimate of drug-likeness (QED) is 0.849. The topological polar surface area (TPSA) is 58.2 Å². The summed E-state index contributed by atoms with van der Waals surface area (Å²) < 4.78 is 26.7. The van der Waals surface area contributed by atoms with Crippen molar-refractivity contribution in [1.82, 2.24) is 10.0 Å². The molecule has 1 aromatic carbocycles. The third-order valence-electron chi connectivity index (χ3n) is 3.46. The Bertz CT molecular complexity index is 543. The van der Waals surface area contributed by atoms with Crippen LogP contribution < -0.4 is 10.0 Å². The molecule has 120 valence electrons. The Morgan fingerprint density at radius 2 is 1.62 bits per heavy atom. The number of hydrogen-bond donors (Lipinski definition) is 2. The molecule has 4 nitrogen and oxygen atoms in total. The molecule has 0 aliphatic heterocycles. The molecule has 0 aromatic heterocycles. The molecule has 0 aliphatic carbocycles. The first-order valence-electron chi connectivity index (χ1n) is 7.35. The molecule has 1 aromatic rings. The molecule has 1 rings (SSSR count). The van der Waals surface area contributed by atoms with Crippen LogP contribution in [0.5, 0.6) is 0 Å². The Hall–Kier alpha value is -0.910. The minimum absolute atomic E-state index is 0.107. The number of benzene rings is 1. The third kappa shape index (κ3) is 5.41. The molecule has 0 fully saturated rings. The second kappa shape index (κ2) is 6.90. The van der Waals surface area contributed by atoms with Crippen molar-refractivity contribution in [3.8, 4) is 0 Å². The normalized spacial score (nSPS) is 14.4. The zero-order valence-corrected chi connectivity index (χ0v) is 14.7. The molecular formula is C16H28N2O2S. The Kier molecular flexibility index (Phi) is 5.96. The van der Waals surface area contributed by atoms with E-state index in [2.05, 4.69) is 30.8 Å². The molecule has 0 saturated carbocycles. The van der Waals surface area contributed by atoms with Gasteiger partial charge in [-0.25, -0.2) is 13.1 Å². The number of hydrogen-bond acceptors (Lipinski definition) is 3. The van der Waals surface area contributed by atoms with E-state index in [-0.39, 0.29) is 11.5 Å². The molecule has 0 spiro atoms. The third-order valence-corrected chi connectivity index (χ3v) is 5.13. The van der Waals surface area contributed by atoms with Crippen LogP contribution in [0.15, 0.2) is 29.2 Å². The molecule has 2 N–H and O–H groups in total. The van der Waals surface area contributed by atoms with E-state index in [1.54, 1.807) is 12.1 Å². The van der Waals surface area contributed by atoms with E-state index in [4.69, 9.17) is 0 Å². The Balaban J connectivity index is 2.88. The molecule has 0 amide bonds. The van der Waals surface area contributed by atoms with E-state index in [1.807, 2.05) is 33.0 Å². The van der Waals surface area contributed by atoms with Crippen molar-refractivity contribution >= 4 is 10.0 Å². The van der Waals surface area contributed by atoms with Gasteiger partial charge in [-0.05, 0) is 50.4 Å². The van der Waals surface area contributed by atoms with Crippen molar-refractivity contribution in [3.63, 3.8) is 0 Å². The lowest BCUT2D eigenvalue weighted by atomic mass is 9.83. The molecule has 0 bridgehead atoms. The van der Waals surface area contributed by atoms with Crippen LogP contribution in [0.2, 0.25) is 0 Å². The number of nitrogens with one attached hydrogen (secondary N) is 2. The lowest BCUT2D eigenvalue weighted by Gasteiger charge is -2.30. The smallest absolute Gasteiger partial charge is 0.240 e. The maximum atomic E-state index is 12.1. The van der Waals surface area contributed by atoms with Crippen molar-refractivity contribution in [1.29, 1.82) is 0 Å². The summed E-state index contributed by atoms with van der Waals surface area (Å²) in [7, 11) is -1.44. The van der Waals surface area contributed by atoms with Crippen LogP contribution in [-0.4, -0.2) is 27.5 Å². The molecule has 0 heterocycles. The predicted molar refractivity (Wildman–Crippen MR) is 87.9 cm³/mol. The number of likely N-dealkylation sites (N-methyl/N-ethyl adjacent to an activating group) is 1. The van der Waals surface area contributed by atoms with Crippen LogP contribution >= 0.6 is 0 Å². The SMILES string of the molecule is CNC(Cc1ccc(S(=O)(=O)NC(C)C)cc1)C(C)(C)C. The number of sulfonamides is 1. The summed E-state index contributed by atoms with van der Waals surface area (Å²) in [5.74, 6) is 0. The van der Waals surface area contributed by atoms with Crippen LogP contribution in [0.1, 0.15) is 40.2 Å². The van der Waals surface area contributed by atoms with E-state index < -0.39 is 10.0 Å². The highest BCUT2D eigenvalue weighted by Gasteiger charge is 2.23. The zero-order valence-electron chi connectivity index (χ0n) is 13.9. The molecular weight excluding hydrogens is 284 g/mol. The number of rotatable bonds is 6. The Morgan fingerprint density at radius 3 is 2.00 bits per heavy atom. The van der Waals surface area contributed by atoms with Crippen molar-refractivity contribution in [2.45, 2.75) is 58.0 Å². The van der Waals surface area contributed by atoms with E-state index in [0.717, 1.165) is 12.0 Å². The minimum atomic E-state index is -3.40. The average molecular weight is 312 g/mol. The molecule has 21 heavy (non-hydrogen) atoms. The monoisotopic (exact) mass is 312 g/mol. The maximum absolute atomic E-state index is 12.1. The maximum Gasteiger partial charge on any atom is 0.240 e. The van der Waals surface area contributed by atoms with Gasteiger partial charge in [-0.2, -0.15) is 0 Å². The molecule has 0 radical (unpaired) electrons. The highest BCUT2D eigenvalue weighted by molar-refractivity contribution is 7.89. The first-order chi connectivity index (χ1) is 9.56. The van der Waals surface area contributed by atoms with Crippen molar-refractivity contribution in [2.24, 2.45) is 5.41 Å². The van der Waals surface area contributed by atoms with Crippen LogP contribution in [0, 0.1) is 5.41 Å². The average Bonchev–Trinajstić information content (AvgIpc) is 2.33. The Labute approximate surface area is 129 Å². The fourth-order valence-corrected chi connectivity index (χ4v) is 3.51. The lowest BCUT2D eigenvalue weighted by molar-refractivity contribution is 0.280. The minimum Gasteiger partial charge on any atom is -0.316 e. The molecule has 0 saturated heterocycles. The van der Waals surface area contributed by atoms with Gasteiger partial charge in [-0.15, -0.1) is 0 Å². The second-order valence-corrected chi connectivity index (χ2v) is 8.55. The highest BCUT2D eigenvalue weighted by Crippen LogP contribution is 2.23. The van der Waals surface area contributed by atoms with Gasteiger partial charge in [-0.3, -0.25) is 0 Å². The van der Waals surface area contributed by atoms with Crippen LogP contribution in [0.25, 0.3) is 0 Å². The van der Waals surface area contributed by atoms with E-state index in [9.17, 15) is 8.42 Å². The van der Waals surface area contributed by atoms with Crippen molar-refractivity contribution in [3.05, 3.63) is 29.8 Å². The summed E-state index contributed by atoms with van der Waals surface area (Å²) in [4.78, 5) is 0.316. The summed E-state index contributed by atoms with van der Waals surface area (Å²) in [6.45, 7) is 10.2. The van der Waals surface area contributed by atoms with E-state index in [0.29, 0.717) is 10.9 Å². The first kappa shape index (κ1) is 18.1. The highest BCUT2D eigenvalue weighted by atomic mass is 32.2. The largest absolute Gasteiger partial charge is 0.316 e. The molecule has 0 aliphatic rings. The van der Waals surface area contributed by atoms with Crippen molar-refractivity contribution < 1.29 is 8.42 Å². The van der Waals surface area contributed by atoms with Crippen LogP contribution in [-0.2, 0) is 16.4 Å². The van der Waals surface area contributed by atoms with Gasteiger partial charge >= 0.3 is 0 Å². The molecule has 5 heteroatoms. The van der Waals surface area contributed by atoms with Gasteiger partial charge in [0.25, 0.3) is 0 Å². The van der Waals surface area contributed by atoms with Crippen LogP contribution in [0.3, 0.4) is 0 Å². The lowest BCUT2D eigenvalue weighted by Crippen LogP contribution is -2.39. The summed E-state index contributed by atoms with van der Waals surface area (Å²) in [5.41, 5.74) is 1.28. The van der Waals surface area contributed by atoms with Gasteiger partial charge in [0.2, 0.25) is 10.0 Å². The van der Waals surface area contributed by atoms with Gasteiger partial charge in [0.05, 0.1) is 4.90 Å². The van der Waals surface area contributed by atoms with Gasteiger partial charge in [0.15, 0.2) is 0 Å². The summed E-state index contributed by atoms with van der Waals surface area (Å²) in [6, 6.07) is 7.37. The van der Waals surface area contributed by atoms with E-state index >= 15 is 0 Å². The predicted octanol–water partition coefficient (Wildman–Crippen LogP) is 2.55. The van der Waals surface area contributed by atoms with Gasteiger partial charge < -0.3 is 5.32 Å². The summed E-state index contributed by atoms with van der Waals surface area (Å²) in [6.07, 6.45) is 0.873. The zero-order chi connectivity index (χ0) is 16.3. The van der Waals surface area contributed by atoms with Gasteiger partial charge in [0, 0.05) is 12.1 Å². The van der Waals surface area contributed by atoms with Crippen molar-refractivity contribution in [2.75, 3.05) is 7.05 Å². The van der Waals surface area contributed by atoms with Gasteiger partial charge in [0.1, 0.15) is 0 Å². The van der Waals surface area contributed by atoms with Crippen LogP contribution in [0.4, 0.5) is 0 Å².